The maximum Gasteiger partial charge on any atom is 0.408 e. The molecule has 0 radical (unpaired) electrons. The van der Waals surface area contributed by atoms with Gasteiger partial charge in [-0.1, -0.05) is 74.5 Å². The summed E-state index contributed by atoms with van der Waals surface area (Å²) < 4.78 is 16.3. The highest BCUT2D eigenvalue weighted by atomic mass is 16.6. The number of carbonyl (C=O) groups is 5. The highest BCUT2D eigenvalue weighted by molar-refractivity contribution is 5.93. The van der Waals surface area contributed by atoms with Crippen molar-refractivity contribution in [3.05, 3.63) is 71.8 Å². The predicted octanol–water partition coefficient (Wildman–Crippen LogP) is 5.00. The Morgan fingerprint density at radius 1 is 0.660 bits per heavy atom. The number of rotatable bonds is 15. The fourth-order valence-corrected chi connectivity index (χ4v) is 4.49. The molecule has 11 nitrogen and oxygen atoms in total. The van der Waals surface area contributed by atoms with Crippen LogP contribution in [-0.2, 0) is 46.4 Å². The second-order valence-corrected chi connectivity index (χ2v) is 13.9. The normalized spacial score (nSPS) is 13.5. The molecule has 0 unspecified atom stereocenters. The minimum Gasteiger partial charge on any atom is -0.460 e. The first kappa shape index (κ1) is 38.8. The molecule has 0 saturated heterocycles. The third-order valence-electron chi connectivity index (χ3n) is 6.51. The minimum absolute atomic E-state index is 0.0140. The molecule has 0 saturated carbocycles. The van der Waals surface area contributed by atoms with Crippen LogP contribution in [0.15, 0.2) is 60.7 Å². The average Bonchev–Trinajstić information content (AvgIpc) is 2.96. The number of amides is 3. The maximum absolute atomic E-state index is 13.7. The Morgan fingerprint density at radius 2 is 1.17 bits per heavy atom. The lowest BCUT2D eigenvalue weighted by molar-refractivity contribution is -0.160. The zero-order chi connectivity index (χ0) is 35.2. The summed E-state index contributed by atoms with van der Waals surface area (Å²) in [5.74, 6) is -2.50. The van der Waals surface area contributed by atoms with Gasteiger partial charge in [0.15, 0.2) is 0 Å². The number of alkyl carbamates (subject to hydrolysis) is 1. The van der Waals surface area contributed by atoms with E-state index in [4.69, 9.17) is 14.2 Å². The van der Waals surface area contributed by atoms with Crippen molar-refractivity contribution in [2.45, 2.75) is 117 Å². The second-order valence-electron chi connectivity index (χ2n) is 13.9. The predicted molar refractivity (Wildman–Crippen MR) is 178 cm³/mol. The van der Waals surface area contributed by atoms with Gasteiger partial charge in [-0.3, -0.25) is 14.4 Å². The highest BCUT2D eigenvalue weighted by Gasteiger charge is 2.33. The van der Waals surface area contributed by atoms with E-state index in [1.165, 1.54) is 0 Å². The van der Waals surface area contributed by atoms with E-state index in [9.17, 15) is 24.0 Å². The van der Waals surface area contributed by atoms with E-state index in [1.807, 2.05) is 74.5 Å². The van der Waals surface area contributed by atoms with E-state index in [0.29, 0.717) is 0 Å². The van der Waals surface area contributed by atoms with Crippen molar-refractivity contribution < 1.29 is 38.2 Å². The van der Waals surface area contributed by atoms with E-state index < -0.39 is 59.2 Å². The molecule has 0 aromatic heterocycles. The van der Waals surface area contributed by atoms with E-state index in [0.717, 1.165) is 11.1 Å². The Kier molecular flexibility index (Phi) is 14.9. The summed E-state index contributed by atoms with van der Waals surface area (Å²) in [6.07, 6.45) is -0.622. The molecule has 11 heteroatoms. The summed E-state index contributed by atoms with van der Waals surface area (Å²) in [6.45, 7) is 14.1. The molecule has 0 fully saturated rings. The molecule has 3 atom stereocenters. The van der Waals surface area contributed by atoms with Gasteiger partial charge in [-0.05, 0) is 71.4 Å². The number of ether oxygens (including phenoxy) is 3. The molecular formula is C36H51N3O8. The summed E-state index contributed by atoms with van der Waals surface area (Å²) in [5.41, 5.74) is 0.00921. The van der Waals surface area contributed by atoms with Gasteiger partial charge in [0.05, 0.1) is 0 Å². The van der Waals surface area contributed by atoms with Crippen molar-refractivity contribution in [3.63, 3.8) is 0 Å². The van der Waals surface area contributed by atoms with Crippen LogP contribution >= 0.6 is 0 Å². The van der Waals surface area contributed by atoms with E-state index in [1.54, 1.807) is 41.5 Å². The van der Waals surface area contributed by atoms with Crippen LogP contribution in [0, 0.1) is 5.92 Å². The van der Waals surface area contributed by atoms with Gasteiger partial charge in [-0.2, -0.15) is 0 Å². The first-order valence-corrected chi connectivity index (χ1v) is 16.0. The average molecular weight is 654 g/mol. The van der Waals surface area contributed by atoms with Crippen molar-refractivity contribution in [1.29, 1.82) is 0 Å². The van der Waals surface area contributed by atoms with Gasteiger partial charge >= 0.3 is 18.0 Å². The van der Waals surface area contributed by atoms with Crippen LogP contribution < -0.4 is 16.0 Å². The molecule has 47 heavy (non-hydrogen) atoms. The molecule has 0 aliphatic rings. The Labute approximate surface area is 278 Å². The number of carbonyl (C=O) groups excluding carboxylic acids is 5. The lowest BCUT2D eigenvalue weighted by Gasteiger charge is -2.28. The molecule has 0 heterocycles. The minimum atomic E-state index is -1.17. The van der Waals surface area contributed by atoms with E-state index in [2.05, 4.69) is 16.0 Å². The monoisotopic (exact) mass is 653 g/mol. The fourth-order valence-electron chi connectivity index (χ4n) is 4.49. The molecule has 2 aromatic rings. The Hall–Kier alpha value is -4.41. The van der Waals surface area contributed by atoms with Crippen molar-refractivity contribution in [1.82, 2.24) is 16.0 Å². The lowest BCUT2D eigenvalue weighted by Crippen LogP contribution is -2.57. The SMILES string of the molecule is CC(C)C[C@H](NC(=O)[C@H](Cc1ccccc1)NC(=O)OCc1ccccc1)C(=O)N[C@H](CCC(=O)OC(C)(C)C)C(=O)OC(C)(C)C. The molecule has 0 aliphatic carbocycles. The third kappa shape index (κ3) is 16.1. The number of benzene rings is 2. The molecular weight excluding hydrogens is 602 g/mol. The molecule has 0 bridgehead atoms. The zero-order valence-corrected chi connectivity index (χ0v) is 28.9. The van der Waals surface area contributed by atoms with Crippen molar-refractivity contribution in [3.8, 4) is 0 Å². The van der Waals surface area contributed by atoms with Crippen LogP contribution in [0.1, 0.15) is 85.8 Å². The van der Waals surface area contributed by atoms with Crippen molar-refractivity contribution in [2.75, 3.05) is 0 Å². The number of nitrogens with one attached hydrogen (secondary N) is 3. The Morgan fingerprint density at radius 3 is 1.70 bits per heavy atom. The number of hydrogen-bond acceptors (Lipinski definition) is 8. The standard InChI is InChI=1S/C36H51N3O8/c1-24(2)21-28(31(41)37-27(33(43)47-36(6,7)8)19-20-30(40)46-35(3,4)5)38-32(42)29(22-25-15-11-9-12-16-25)39-34(44)45-23-26-17-13-10-14-18-26/h9-18,24,27-29H,19-23H2,1-8H3,(H,37,41)(H,38,42)(H,39,44)/t27-,28+,29+/m1/s1. The molecule has 2 rings (SSSR count). The largest absolute Gasteiger partial charge is 0.460 e. The van der Waals surface area contributed by atoms with Crippen LogP contribution in [0.4, 0.5) is 4.79 Å². The Bertz CT molecular complexity index is 1320. The quantitative estimate of drug-likeness (QED) is 0.180. The van der Waals surface area contributed by atoms with Gasteiger partial charge in [0.1, 0.15) is 35.9 Å². The summed E-state index contributed by atoms with van der Waals surface area (Å²) in [7, 11) is 0. The van der Waals surface area contributed by atoms with E-state index in [-0.39, 0.29) is 38.2 Å². The molecule has 3 amide bonds. The fraction of sp³-hybridized carbons (Fsp3) is 0.528. The summed E-state index contributed by atoms with van der Waals surface area (Å²) >= 11 is 0. The Balaban J connectivity index is 2.23. The van der Waals surface area contributed by atoms with E-state index >= 15 is 0 Å². The topological polar surface area (TPSA) is 149 Å². The number of esters is 2. The van der Waals surface area contributed by atoms with Gasteiger partial charge < -0.3 is 30.2 Å². The third-order valence-corrected chi connectivity index (χ3v) is 6.51. The summed E-state index contributed by atoms with van der Waals surface area (Å²) in [5, 5.41) is 8.10. The highest BCUT2D eigenvalue weighted by Crippen LogP contribution is 2.15. The van der Waals surface area contributed by atoms with Gasteiger partial charge in [0.25, 0.3) is 0 Å². The molecule has 2 aromatic carbocycles. The first-order valence-electron chi connectivity index (χ1n) is 16.0. The van der Waals surface area contributed by atoms with Crippen molar-refractivity contribution >= 4 is 29.8 Å². The van der Waals surface area contributed by atoms with Crippen molar-refractivity contribution in [2.24, 2.45) is 5.92 Å². The van der Waals surface area contributed by atoms with Gasteiger partial charge in [-0.25, -0.2) is 9.59 Å². The van der Waals surface area contributed by atoms with Crippen LogP contribution in [-0.4, -0.2) is 59.2 Å². The lowest BCUT2D eigenvalue weighted by atomic mass is 10.0. The van der Waals surface area contributed by atoms with Gasteiger partial charge in [0.2, 0.25) is 11.8 Å². The van der Waals surface area contributed by atoms with Gasteiger partial charge in [-0.15, -0.1) is 0 Å². The molecule has 3 N–H and O–H groups in total. The van der Waals surface area contributed by atoms with Crippen LogP contribution in [0.5, 0.6) is 0 Å². The molecule has 0 spiro atoms. The maximum atomic E-state index is 13.7. The van der Waals surface area contributed by atoms with Crippen LogP contribution in [0.25, 0.3) is 0 Å². The summed E-state index contributed by atoms with van der Waals surface area (Å²) in [4.78, 5) is 65.7. The first-order chi connectivity index (χ1) is 21.9. The van der Waals surface area contributed by atoms with Crippen LogP contribution in [0.2, 0.25) is 0 Å². The van der Waals surface area contributed by atoms with Gasteiger partial charge in [0, 0.05) is 12.8 Å². The smallest absolute Gasteiger partial charge is 0.408 e. The summed E-state index contributed by atoms with van der Waals surface area (Å²) in [6, 6.07) is 15.0. The molecule has 0 aliphatic heterocycles. The second kappa shape index (κ2) is 18.1. The molecule has 258 valence electrons. The number of hydrogen-bond donors (Lipinski definition) is 3. The van der Waals surface area contributed by atoms with Crippen LogP contribution in [0.3, 0.4) is 0 Å². The zero-order valence-electron chi connectivity index (χ0n) is 28.9.